The van der Waals surface area contributed by atoms with Crippen molar-refractivity contribution in [3.05, 3.63) is 119 Å². The molecule has 1 aliphatic rings. The van der Waals surface area contributed by atoms with E-state index in [1.807, 2.05) is 24.3 Å². The molecule has 0 aromatic heterocycles. The normalized spacial score (nSPS) is 13.0. The number of aryl methyl sites for hydroxylation is 3. The summed E-state index contributed by atoms with van der Waals surface area (Å²) >= 11 is 0. The van der Waals surface area contributed by atoms with E-state index in [-0.39, 0.29) is 0 Å². The molecule has 1 aliphatic carbocycles. The molecule has 1 saturated carbocycles. The first kappa shape index (κ1) is 21.9. The molecular weight excluding hydrogens is 388 g/mol. The molecule has 1 nitrogen and oxygen atoms in total. The number of benzene rings is 4. The van der Waals surface area contributed by atoms with Gasteiger partial charge in [0.1, 0.15) is 11.5 Å². The van der Waals surface area contributed by atoms with Crippen LogP contribution in [0, 0.1) is 20.8 Å². The molecule has 162 valence electrons. The van der Waals surface area contributed by atoms with E-state index >= 15 is 0 Å². The van der Waals surface area contributed by atoms with Gasteiger partial charge in [-0.2, -0.15) is 0 Å². The van der Waals surface area contributed by atoms with Crippen molar-refractivity contribution in [1.82, 2.24) is 0 Å². The van der Waals surface area contributed by atoms with E-state index in [9.17, 15) is 0 Å². The van der Waals surface area contributed by atoms with Crippen LogP contribution in [0.15, 0.2) is 97.1 Å². The van der Waals surface area contributed by atoms with Gasteiger partial charge in [0.25, 0.3) is 0 Å². The SMILES string of the molecule is Cc1ccc(C)cc1.Cc1ccc(Oc2ccc(-c3ccc(C4CCC4)cc3)cc2)cc1. The van der Waals surface area contributed by atoms with Crippen LogP contribution in [0.1, 0.15) is 47.4 Å². The number of hydrogen-bond donors (Lipinski definition) is 0. The highest BCUT2D eigenvalue weighted by Crippen LogP contribution is 2.37. The average Bonchev–Trinajstić information content (AvgIpc) is 2.78. The Bertz CT molecular complexity index is 1080. The van der Waals surface area contributed by atoms with Crippen molar-refractivity contribution in [3.8, 4) is 22.6 Å². The number of ether oxygens (including phenoxy) is 1. The summed E-state index contributed by atoms with van der Waals surface area (Å²) in [5.41, 5.74) is 7.88. The van der Waals surface area contributed by atoms with E-state index in [0.29, 0.717) is 0 Å². The van der Waals surface area contributed by atoms with Crippen LogP contribution in [0.5, 0.6) is 11.5 Å². The molecule has 0 saturated heterocycles. The summed E-state index contributed by atoms with van der Waals surface area (Å²) in [6.07, 6.45) is 4.09. The molecule has 4 aromatic rings. The molecule has 5 rings (SSSR count). The Morgan fingerprint density at radius 3 is 1.28 bits per heavy atom. The molecule has 0 spiro atoms. The molecule has 1 heteroatoms. The topological polar surface area (TPSA) is 9.23 Å². The van der Waals surface area contributed by atoms with Crippen LogP contribution in [0.2, 0.25) is 0 Å². The summed E-state index contributed by atoms with van der Waals surface area (Å²) in [6, 6.07) is 34.0. The molecule has 0 N–H and O–H groups in total. The second-order valence-electron chi connectivity index (χ2n) is 8.84. The second-order valence-corrected chi connectivity index (χ2v) is 8.84. The predicted octanol–water partition coefficient (Wildman–Crippen LogP) is 9.03. The molecule has 32 heavy (non-hydrogen) atoms. The van der Waals surface area contributed by atoms with E-state index in [1.165, 1.54) is 52.6 Å². The van der Waals surface area contributed by atoms with Crippen LogP contribution in [0.25, 0.3) is 11.1 Å². The smallest absolute Gasteiger partial charge is 0.127 e. The molecule has 0 atom stereocenters. The molecule has 4 aromatic carbocycles. The lowest BCUT2D eigenvalue weighted by Crippen LogP contribution is -2.08. The third-order valence-electron chi connectivity index (χ3n) is 6.15. The maximum Gasteiger partial charge on any atom is 0.127 e. The summed E-state index contributed by atoms with van der Waals surface area (Å²) in [5.74, 6) is 2.54. The first-order valence-corrected chi connectivity index (χ1v) is 11.5. The summed E-state index contributed by atoms with van der Waals surface area (Å²) in [5, 5.41) is 0. The third kappa shape index (κ3) is 5.88. The van der Waals surface area contributed by atoms with Gasteiger partial charge in [0.05, 0.1) is 0 Å². The molecule has 1 fully saturated rings. The largest absolute Gasteiger partial charge is 0.457 e. The Balaban J connectivity index is 0.000000260. The molecule has 0 aliphatic heterocycles. The van der Waals surface area contributed by atoms with E-state index in [4.69, 9.17) is 4.74 Å². The first-order valence-electron chi connectivity index (χ1n) is 11.5. The lowest BCUT2D eigenvalue weighted by atomic mass is 9.80. The predicted molar refractivity (Wildman–Crippen MR) is 136 cm³/mol. The molecular formula is C31H32O. The first-order chi connectivity index (χ1) is 15.6. The Labute approximate surface area is 192 Å². The van der Waals surface area contributed by atoms with Gasteiger partial charge < -0.3 is 4.74 Å². The van der Waals surface area contributed by atoms with Crippen molar-refractivity contribution < 1.29 is 4.74 Å². The highest BCUT2D eigenvalue weighted by atomic mass is 16.5. The van der Waals surface area contributed by atoms with Gasteiger partial charge >= 0.3 is 0 Å². The van der Waals surface area contributed by atoms with Crippen LogP contribution >= 0.6 is 0 Å². The zero-order valence-electron chi connectivity index (χ0n) is 19.3. The minimum absolute atomic E-state index is 0.796. The van der Waals surface area contributed by atoms with Gasteiger partial charge in [-0.1, -0.05) is 95.9 Å². The van der Waals surface area contributed by atoms with Crippen molar-refractivity contribution in [2.24, 2.45) is 0 Å². The van der Waals surface area contributed by atoms with Crippen molar-refractivity contribution in [2.75, 3.05) is 0 Å². The number of hydrogen-bond acceptors (Lipinski definition) is 1. The highest BCUT2D eigenvalue weighted by Gasteiger charge is 2.18. The summed E-state index contributed by atoms with van der Waals surface area (Å²) in [6.45, 7) is 6.27. The van der Waals surface area contributed by atoms with E-state index in [1.54, 1.807) is 0 Å². The maximum atomic E-state index is 5.90. The Kier molecular flexibility index (Phi) is 7.07. The molecule has 0 unspecified atom stereocenters. The summed E-state index contributed by atoms with van der Waals surface area (Å²) in [7, 11) is 0. The van der Waals surface area contributed by atoms with Crippen LogP contribution in [0.3, 0.4) is 0 Å². The van der Waals surface area contributed by atoms with E-state index < -0.39 is 0 Å². The van der Waals surface area contributed by atoms with Crippen molar-refractivity contribution >= 4 is 0 Å². The van der Waals surface area contributed by atoms with E-state index in [0.717, 1.165) is 17.4 Å². The lowest BCUT2D eigenvalue weighted by molar-refractivity contribution is 0.420. The Morgan fingerprint density at radius 2 is 0.875 bits per heavy atom. The van der Waals surface area contributed by atoms with Gasteiger partial charge in [-0.15, -0.1) is 0 Å². The van der Waals surface area contributed by atoms with Crippen molar-refractivity contribution in [2.45, 2.75) is 46.0 Å². The molecule has 0 radical (unpaired) electrons. The second kappa shape index (κ2) is 10.3. The van der Waals surface area contributed by atoms with Crippen molar-refractivity contribution in [1.29, 1.82) is 0 Å². The van der Waals surface area contributed by atoms with Crippen molar-refractivity contribution in [3.63, 3.8) is 0 Å². The van der Waals surface area contributed by atoms with Crippen LogP contribution in [0.4, 0.5) is 0 Å². The maximum absolute atomic E-state index is 5.90. The zero-order chi connectivity index (χ0) is 22.3. The Hall–Kier alpha value is -3.32. The third-order valence-corrected chi connectivity index (χ3v) is 6.15. The van der Waals surface area contributed by atoms with Crippen LogP contribution < -0.4 is 4.74 Å². The molecule has 0 amide bonds. The van der Waals surface area contributed by atoms with Gasteiger partial charge in [-0.25, -0.2) is 0 Å². The lowest BCUT2D eigenvalue weighted by Gasteiger charge is -2.25. The fourth-order valence-electron chi connectivity index (χ4n) is 3.78. The van der Waals surface area contributed by atoms with Crippen LogP contribution in [-0.2, 0) is 0 Å². The van der Waals surface area contributed by atoms with Gasteiger partial charge in [-0.3, -0.25) is 0 Å². The van der Waals surface area contributed by atoms with Gasteiger partial charge in [0.15, 0.2) is 0 Å². The monoisotopic (exact) mass is 420 g/mol. The quantitative estimate of drug-likeness (QED) is 0.320. The highest BCUT2D eigenvalue weighted by molar-refractivity contribution is 5.64. The minimum Gasteiger partial charge on any atom is -0.457 e. The van der Waals surface area contributed by atoms with E-state index in [2.05, 4.69) is 93.6 Å². The van der Waals surface area contributed by atoms with Crippen LogP contribution in [-0.4, -0.2) is 0 Å². The van der Waals surface area contributed by atoms with Gasteiger partial charge in [0.2, 0.25) is 0 Å². The Morgan fingerprint density at radius 1 is 0.500 bits per heavy atom. The fourth-order valence-corrected chi connectivity index (χ4v) is 3.78. The standard InChI is InChI=1S/C23H22O.C8H10/c1-17-5-13-22(14-6-17)24-23-15-11-21(12-16-23)20-9-7-19(8-10-20)18-3-2-4-18;1-7-3-5-8(2)6-4-7/h5-16,18H,2-4H2,1H3;3-6H,1-2H3. The summed E-state index contributed by atoms with van der Waals surface area (Å²) < 4.78 is 5.90. The summed E-state index contributed by atoms with van der Waals surface area (Å²) in [4.78, 5) is 0. The molecule has 0 heterocycles. The average molecular weight is 421 g/mol. The zero-order valence-corrected chi connectivity index (χ0v) is 19.3. The van der Waals surface area contributed by atoms with Gasteiger partial charge in [0, 0.05) is 0 Å². The number of rotatable bonds is 4. The minimum atomic E-state index is 0.796. The van der Waals surface area contributed by atoms with Gasteiger partial charge in [-0.05, 0) is 80.5 Å². The molecule has 0 bridgehead atoms. The fraction of sp³-hybridized carbons (Fsp3) is 0.226.